The largest absolute Gasteiger partial charge is 0.456 e. The first-order chi connectivity index (χ1) is 12.4. The molecule has 134 valence electrons. The Morgan fingerprint density at radius 3 is 2.77 bits per heavy atom. The molecule has 2 aromatic heterocycles. The standard InChI is InChI=1S/C18H15ClFN3O2S/c1-11-15(17(19)23(2)22-11)7-8-16(24)25-9-14-10-26-18(21-14)12-3-5-13(20)6-4-12/h3-8,10H,9H2,1-2H3/b8-7+. The van der Waals surface area contributed by atoms with Crippen LogP contribution in [0.3, 0.4) is 0 Å². The number of aryl methyl sites for hydroxylation is 2. The van der Waals surface area contributed by atoms with Crippen LogP contribution >= 0.6 is 22.9 Å². The van der Waals surface area contributed by atoms with Gasteiger partial charge in [0.2, 0.25) is 0 Å². The lowest BCUT2D eigenvalue weighted by molar-refractivity contribution is -0.139. The molecular weight excluding hydrogens is 377 g/mol. The number of hydrogen-bond acceptors (Lipinski definition) is 5. The molecule has 5 nitrogen and oxygen atoms in total. The van der Waals surface area contributed by atoms with Gasteiger partial charge in [-0.1, -0.05) is 11.6 Å². The van der Waals surface area contributed by atoms with E-state index in [1.807, 2.05) is 6.92 Å². The van der Waals surface area contributed by atoms with Crippen molar-refractivity contribution in [2.75, 3.05) is 0 Å². The molecule has 0 unspecified atom stereocenters. The van der Waals surface area contributed by atoms with Crippen molar-refractivity contribution in [1.82, 2.24) is 14.8 Å². The van der Waals surface area contributed by atoms with Crippen LogP contribution in [0.15, 0.2) is 35.7 Å². The number of nitrogens with zero attached hydrogens (tertiary/aromatic N) is 3. The molecule has 3 aromatic rings. The first kappa shape index (κ1) is 18.3. The molecule has 0 saturated carbocycles. The summed E-state index contributed by atoms with van der Waals surface area (Å²) in [5, 5.41) is 7.17. The Bertz CT molecular complexity index is 963. The molecule has 0 spiro atoms. The molecular formula is C18H15ClFN3O2S. The molecule has 1 aromatic carbocycles. The summed E-state index contributed by atoms with van der Waals surface area (Å²) in [6.07, 6.45) is 2.89. The third kappa shape index (κ3) is 4.17. The van der Waals surface area contributed by atoms with Crippen molar-refractivity contribution in [2.24, 2.45) is 7.05 Å². The lowest BCUT2D eigenvalue weighted by Gasteiger charge is -1.99. The molecule has 0 aliphatic rings. The molecule has 3 rings (SSSR count). The third-order valence-electron chi connectivity index (χ3n) is 3.59. The molecule has 0 fully saturated rings. The van der Waals surface area contributed by atoms with Gasteiger partial charge in [0.25, 0.3) is 0 Å². The van der Waals surface area contributed by atoms with Crippen molar-refractivity contribution in [3.63, 3.8) is 0 Å². The number of ether oxygens (including phenoxy) is 1. The fourth-order valence-electron chi connectivity index (χ4n) is 2.28. The van der Waals surface area contributed by atoms with Crippen molar-refractivity contribution in [2.45, 2.75) is 13.5 Å². The van der Waals surface area contributed by atoms with E-state index >= 15 is 0 Å². The van der Waals surface area contributed by atoms with Crippen LogP contribution in [0.1, 0.15) is 17.0 Å². The van der Waals surface area contributed by atoms with Crippen molar-refractivity contribution in [3.05, 3.63) is 63.6 Å². The quantitative estimate of drug-likeness (QED) is 0.477. The van der Waals surface area contributed by atoms with E-state index in [0.717, 1.165) is 16.3 Å². The molecule has 0 atom stereocenters. The second kappa shape index (κ2) is 7.80. The summed E-state index contributed by atoms with van der Waals surface area (Å²) in [4.78, 5) is 16.3. The zero-order valence-electron chi connectivity index (χ0n) is 14.1. The van der Waals surface area contributed by atoms with Crippen LogP contribution < -0.4 is 0 Å². The second-order valence-corrected chi connectivity index (χ2v) is 6.72. The molecule has 0 amide bonds. The fraction of sp³-hybridized carbons (Fsp3) is 0.167. The molecule has 26 heavy (non-hydrogen) atoms. The Kier molecular flexibility index (Phi) is 5.49. The minimum atomic E-state index is -0.499. The predicted octanol–water partition coefficient (Wildman–Crippen LogP) is 4.40. The van der Waals surface area contributed by atoms with Crippen LogP contribution in [-0.2, 0) is 23.2 Å². The number of hydrogen-bond donors (Lipinski definition) is 0. The highest BCUT2D eigenvalue weighted by Crippen LogP contribution is 2.24. The molecule has 0 N–H and O–H groups in total. The van der Waals surface area contributed by atoms with E-state index in [1.165, 1.54) is 34.2 Å². The zero-order valence-corrected chi connectivity index (χ0v) is 15.6. The Morgan fingerprint density at radius 1 is 1.38 bits per heavy atom. The molecule has 0 bridgehead atoms. The second-order valence-electron chi connectivity index (χ2n) is 5.51. The maximum atomic E-state index is 13.0. The van der Waals surface area contributed by atoms with Crippen LogP contribution in [-0.4, -0.2) is 20.7 Å². The summed E-state index contributed by atoms with van der Waals surface area (Å²) in [6, 6.07) is 6.08. The van der Waals surface area contributed by atoms with Crippen molar-refractivity contribution in [3.8, 4) is 10.6 Å². The Labute approximate surface area is 158 Å². The number of carbonyl (C=O) groups is 1. The number of benzene rings is 1. The van der Waals surface area contributed by atoms with Crippen molar-refractivity contribution >= 4 is 35.0 Å². The maximum Gasteiger partial charge on any atom is 0.331 e. The first-order valence-corrected chi connectivity index (χ1v) is 8.94. The van der Waals surface area contributed by atoms with Crippen LogP contribution in [0.2, 0.25) is 5.15 Å². The lowest BCUT2D eigenvalue weighted by Crippen LogP contribution is -2.01. The highest BCUT2D eigenvalue weighted by atomic mass is 35.5. The van der Waals surface area contributed by atoms with Gasteiger partial charge >= 0.3 is 5.97 Å². The minimum Gasteiger partial charge on any atom is -0.456 e. The van der Waals surface area contributed by atoms with E-state index in [0.29, 0.717) is 16.4 Å². The number of thiazole rings is 1. The van der Waals surface area contributed by atoms with Gasteiger partial charge in [0.15, 0.2) is 0 Å². The molecule has 2 heterocycles. The van der Waals surface area contributed by atoms with Gasteiger partial charge in [0.05, 0.1) is 11.4 Å². The van der Waals surface area contributed by atoms with Gasteiger partial charge in [-0.3, -0.25) is 4.68 Å². The van der Waals surface area contributed by atoms with E-state index in [9.17, 15) is 9.18 Å². The van der Waals surface area contributed by atoms with Gasteiger partial charge in [-0.25, -0.2) is 14.2 Å². The maximum absolute atomic E-state index is 13.0. The minimum absolute atomic E-state index is 0.0562. The van der Waals surface area contributed by atoms with Gasteiger partial charge in [-0.2, -0.15) is 5.10 Å². The molecule has 0 aliphatic heterocycles. The van der Waals surface area contributed by atoms with Gasteiger partial charge in [-0.15, -0.1) is 11.3 Å². The third-order valence-corrected chi connectivity index (χ3v) is 4.98. The van der Waals surface area contributed by atoms with E-state index in [-0.39, 0.29) is 12.4 Å². The summed E-state index contributed by atoms with van der Waals surface area (Å²) in [6.45, 7) is 1.86. The number of rotatable bonds is 5. The Balaban J connectivity index is 1.60. The number of esters is 1. The lowest BCUT2D eigenvalue weighted by atomic mass is 10.2. The van der Waals surface area contributed by atoms with Crippen molar-refractivity contribution in [1.29, 1.82) is 0 Å². The molecule has 0 aliphatic carbocycles. The summed E-state index contributed by atoms with van der Waals surface area (Å²) in [5.41, 5.74) is 2.85. The summed E-state index contributed by atoms with van der Waals surface area (Å²) < 4.78 is 19.7. The number of halogens is 2. The molecule has 0 radical (unpaired) electrons. The Hall–Kier alpha value is -2.51. The monoisotopic (exact) mass is 391 g/mol. The topological polar surface area (TPSA) is 57.0 Å². The summed E-state index contributed by atoms with van der Waals surface area (Å²) >= 11 is 7.51. The van der Waals surface area contributed by atoms with Gasteiger partial charge in [-0.05, 0) is 37.3 Å². The van der Waals surface area contributed by atoms with Crippen molar-refractivity contribution < 1.29 is 13.9 Å². The normalized spacial score (nSPS) is 11.2. The van der Waals surface area contributed by atoms with E-state index in [2.05, 4.69) is 10.1 Å². The predicted molar refractivity (Wildman–Crippen MR) is 99.3 cm³/mol. The Morgan fingerprint density at radius 2 is 2.12 bits per heavy atom. The van der Waals surface area contributed by atoms with Crippen LogP contribution in [0.25, 0.3) is 16.6 Å². The SMILES string of the molecule is Cc1nn(C)c(Cl)c1/C=C/C(=O)OCc1csc(-c2ccc(F)cc2)n1. The highest BCUT2D eigenvalue weighted by molar-refractivity contribution is 7.13. The summed E-state index contributed by atoms with van der Waals surface area (Å²) in [7, 11) is 1.73. The average Bonchev–Trinajstić information content (AvgIpc) is 3.18. The van der Waals surface area contributed by atoms with Gasteiger partial charge in [0, 0.05) is 29.6 Å². The summed E-state index contributed by atoms with van der Waals surface area (Å²) in [5.74, 6) is -0.796. The van der Waals surface area contributed by atoms with Crippen LogP contribution in [0.4, 0.5) is 4.39 Å². The zero-order chi connectivity index (χ0) is 18.7. The van der Waals surface area contributed by atoms with E-state index < -0.39 is 5.97 Å². The van der Waals surface area contributed by atoms with Gasteiger partial charge < -0.3 is 4.74 Å². The molecule has 8 heteroatoms. The van der Waals surface area contributed by atoms with Gasteiger partial charge in [0.1, 0.15) is 22.6 Å². The highest BCUT2D eigenvalue weighted by Gasteiger charge is 2.10. The van der Waals surface area contributed by atoms with E-state index in [4.69, 9.17) is 16.3 Å². The first-order valence-electron chi connectivity index (χ1n) is 7.68. The van der Waals surface area contributed by atoms with E-state index in [1.54, 1.807) is 30.6 Å². The van der Waals surface area contributed by atoms with Crippen LogP contribution in [0, 0.1) is 12.7 Å². The number of aromatic nitrogens is 3. The van der Waals surface area contributed by atoms with Crippen LogP contribution in [0.5, 0.6) is 0 Å². The fourth-order valence-corrected chi connectivity index (χ4v) is 3.33. The number of carbonyl (C=O) groups excluding carboxylic acids is 1. The smallest absolute Gasteiger partial charge is 0.331 e. The average molecular weight is 392 g/mol. The molecule has 0 saturated heterocycles.